The Bertz CT molecular complexity index is 1070. The van der Waals surface area contributed by atoms with Crippen molar-refractivity contribution in [3.05, 3.63) is 48.6 Å². The van der Waals surface area contributed by atoms with Gasteiger partial charge < -0.3 is 14.4 Å². The van der Waals surface area contributed by atoms with Crippen LogP contribution in [-0.2, 0) is 37.2 Å². The number of hydrogen-bond donors (Lipinski definition) is 0. The third kappa shape index (κ3) is 38.8. The number of nitrogens with zero attached hydrogens (tertiary/aromatic N) is 1. The van der Waals surface area contributed by atoms with Crippen LogP contribution in [0.3, 0.4) is 0 Å². The lowest BCUT2D eigenvalue weighted by Gasteiger charge is -2.21. The summed E-state index contributed by atoms with van der Waals surface area (Å²) in [5.41, 5.74) is 0. The number of ether oxygens (including phenoxy) is 2. The third-order valence-corrected chi connectivity index (χ3v) is 10.7. The molecular weight excluding hydrogens is 725 g/mol. The predicted molar refractivity (Wildman–Crippen MR) is 234 cm³/mol. The third-order valence-electron chi connectivity index (χ3n) is 9.24. The molecule has 0 saturated heterocycles. The van der Waals surface area contributed by atoms with Crippen LogP contribution in [0, 0.1) is 0 Å². The summed E-state index contributed by atoms with van der Waals surface area (Å²) in [6.45, 7) is 4.98. The molecule has 0 aromatic carbocycles. The van der Waals surface area contributed by atoms with Crippen LogP contribution >= 0.6 is 7.82 Å². The highest BCUT2D eigenvalue weighted by Crippen LogP contribution is 2.48. The van der Waals surface area contributed by atoms with Crippen molar-refractivity contribution in [2.45, 2.75) is 187 Å². The average Bonchev–Trinajstić information content (AvgIpc) is 3.18. The molecule has 10 heteroatoms. The van der Waals surface area contributed by atoms with E-state index in [4.69, 9.17) is 23.0 Å². The standard InChI is InChI=1S/C46H84NO8P/c1-6-8-10-12-14-16-18-20-22-24-26-28-30-32-34-38-45(48)52-42-44(43-54-56(50,51-5)53-41-37-36-40-47(3)4)55-46(49)39-35-33-31-29-27-25-23-21-19-17-15-13-11-9-7-2/h8-11,20-23,44H,6-7,12-19,24-43H2,1-5H3/b10-8-,11-9-,22-20-,23-21-/t44-,56?/m1/s1. The molecule has 0 N–H and O–H groups in total. The molecule has 0 spiro atoms. The zero-order valence-corrected chi connectivity index (χ0v) is 37.5. The van der Waals surface area contributed by atoms with Gasteiger partial charge in [0.05, 0.1) is 13.2 Å². The number of carbonyl (C=O) groups excluding carboxylic acids is 2. The van der Waals surface area contributed by atoms with Gasteiger partial charge in [0.15, 0.2) is 6.10 Å². The van der Waals surface area contributed by atoms with Crippen LogP contribution in [0.1, 0.15) is 181 Å². The summed E-state index contributed by atoms with van der Waals surface area (Å²) in [5.74, 6) is -0.741. The summed E-state index contributed by atoms with van der Waals surface area (Å²) in [5, 5.41) is 0. The number of carbonyl (C=O) groups is 2. The largest absolute Gasteiger partial charge is 0.474 e. The maximum Gasteiger partial charge on any atom is 0.474 e. The smallest absolute Gasteiger partial charge is 0.462 e. The first-order valence-corrected chi connectivity index (χ1v) is 23.8. The van der Waals surface area contributed by atoms with Gasteiger partial charge in [-0.25, -0.2) is 4.57 Å². The second-order valence-electron chi connectivity index (χ2n) is 14.9. The van der Waals surface area contributed by atoms with Crippen molar-refractivity contribution in [3.63, 3.8) is 0 Å². The fraction of sp³-hybridized carbons (Fsp3) is 0.783. The van der Waals surface area contributed by atoms with Crippen LogP contribution in [-0.4, -0.2) is 70.5 Å². The number of phosphoric acid groups is 1. The number of esters is 2. The maximum absolute atomic E-state index is 13.1. The molecule has 1 unspecified atom stereocenters. The Kier molecular flexibility index (Phi) is 39.6. The minimum absolute atomic E-state index is 0.178. The van der Waals surface area contributed by atoms with Crippen molar-refractivity contribution >= 4 is 19.8 Å². The second-order valence-corrected chi connectivity index (χ2v) is 16.7. The highest BCUT2D eigenvalue weighted by atomic mass is 31.2. The molecule has 0 fully saturated rings. The zero-order chi connectivity index (χ0) is 41.2. The van der Waals surface area contributed by atoms with E-state index in [0.717, 1.165) is 109 Å². The monoisotopic (exact) mass is 810 g/mol. The van der Waals surface area contributed by atoms with Gasteiger partial charge in [-0.1, -0.05) is 101 Å². The fourth-order valence-electron chi connectivity index (χ4n) is 5.86. The Hall–Kier alpha value is -2.03. The van der Waals surface area contributed by atoms with Crippen molar-refractivity contribution in [2.24, 2.45) is 0 Å². The number of allylic oxidation sites excluding steroid dienone is 8. The summed E-state index contributed by atoms with van der Waals surface area (Å²) in [4.78, 5) is 27.4. The normalized spacial score (nSPS) is 13.8. The molecule has 0 rings (SSSR count). The minimum Gasteiger partial charge on any atom is -0.462 e. The summed E-state index contributed by atoms with van der Waals surface area (Å²) in [7, 11) is 1.38. The molecular formula is C46H84NO8P. The van der Waals surface area contributed by atoms with Gasteiger partial charge in [-0.15, -0.1) is 0 Å². The van der Waals surface area contributed by atoms with Gasteiger partial charge in [0, 0.05) is 20.0 Å². The molecule has 2 atom stereocenters. The van der Waals surface area contributed by atoms with E-state index in [1.807, 2.05) is 14.1 Å². The minimum atomic E-state index is -3.87. The van der Waals surface area contributed by atoms with E-state index in [1.54, 1.807) is 0 Å². The van der Waals surface area contributed by atoms with Crippen LogP contribution in [0.4, 0.5) is 0 Å². The van der Waals surface area contributed by atoms with Crippen LogP contribution in [0.25, 0.3) is 0 Å². The summed E-state index contributed by atoms with van der Waals surface area (Å²) >= 11 is 0. The topological polar surface area (TPSA) is 101 Å². The van der Waals surface area contributed by atoms with Crippen LogP contribution in [0.2, 0.25) is 0 Å². The first kappa shape index (κ1) is 54.0. The molecule has 0 heterocycles. The molecule has 0 amide bonds. The molecule has 0 saturated carbocycles. The number of hydrogen-bond acceptors (Lipinski definition) is 9. The lowest BCUT2D eigenvalue weighted by Crippen LogP contribution is -2.29. The lowest BCUT2D eigenvalue weighted by molar-refractivity contribution is -0.161. The van der Waals surface area contributed by atoms with Crippen LogP contribution in [0.15, 0.2) is 48.6 Å². The first-order valence-electron chi connectivity index (χ1n) is 22.3. The summed E-state index contributed by atoms with van der Waals surface area (Å²) < 4.78 is 40.3. The van der Waals surface area contributed by atoms with Crippen molar-refractivity contribution in [1.29, 1.82) is 0 Å². The molecule has 0 aliphatic rings. The highest BCUT2D eigenvalue weighted by Gasteiger charge is 2.28. The van der Waals surface area contributed by atoms with E-state index < -0.39 is 19.9 Å². The number of unbranched alkanes of at least 4 members (excludes halogenated alkanes) is 17. The van der Waals surface area contributed by atoms with Gasteiger partial charge in [0.2, 0.25) is 0 Å². The molecule has 0 aliphatic heterocycles. The van der Waals surface area contributed by atoms with Gasteiger partial charge in [-0.3, -0.25) is 23.2 Å². The second kappa shape index (κ2) is 41.1. The molecule has 0 aromatic heterocycles. The Labute approximate surface area is 344 Å². The number of phosphoric ester groups is 1. The van der Waals surface area contributed by atoms with E-state index in [2.05, 4.69) is 67.4 Å². The number of rotatable bonds is 41. The van der Waals surface area contributed by atoms with E-state index in [0.29, 0.717) is 19.3 Å². The first-order chi connectivity index (χ1) is 27.3. The van der Waals surface area contributed by atoms with E-state index in [1.165, 1.54) is 45.6 Å². The predicted octanol–water partition coefficient (Wildman–Crippen LogP) is 13.2. The van der Waals surface area contributed by atoms with Gasteiger partial charge in [0.1, 0.15) is 6.61 Å². The molecule has 326 valence electrons. The van der Waals surface area contributed by atoms with Crippen LogP contribution < -0.4 is 0 Å². The SMILES string of the molecule is CC/C=C\CCCC/C=C\CCCCCCCC(=O)OC[C@H](COP(=O)(OC)OCCCCN(C)C)OC(=O)CCCCCCC/C=C\CCCC/C=C\CC. The molecule has 0 bridgehead atoms. The van der Waals surface area contributed by atoms with Gasteiger partial charge >= 0.3 is 19.8 Å². The van der Waals surface area contributed by atoms with Crippen LogP contribution in [0.5, 0.6) is 0 Å². The highest BCUT2D eigenvalue weighted by molar-refractivity contribution is 7.48. The fourth-order valence-corrected chi connectivity index (χ4v) is 6.84. The Morgan fingerprint density at radius 1 is 0.536 bits per heavy atom. The van der Waals surface area contributed by atoms with Crippen molar-refractivity contribution in [2.75, 3.05) is 47.6 Å². The van der Waals surface area contributed by atoms with Gasteiger partial charge in [-0.05, 0) is 136 Å². The van der Waals surface area contributed by atoms with E-state index >= 15 is 0 Å². The molecule has 9 nitrogen and oxygen atoms in total. The Morgan fingerprint density at radius 2 is 0.964 bits per heavy atom. The lowest BCUT2D eigenvalue weighted by atomic mass is 10.1. The van der Waals surface area contributed by atoms with E-state index in [9.17, 15) is 14.2 Å². The molecule has 56 heavy (non-hydrogen) atoms. The average molecular weight is 810 g/mol. The molecule has 0 aliphatic carbocycles. The summed E-state index contributed by atoms with van der Waals surface area (Å²) in [6.07, 6.45) is 43.6. The van der Waals surface area contributed by atoms with Gasteiger partial charge in [-0.2, -0.15) is 0 Å². The molecule has 0 aromatic rings. The van der Waals surface area contributed by atoms with Crippen molar-refractivity contribution in [1.82, 2.24) is 4.90 Å². The quantitative estimate of drug-likeness (QED) is 0.0258. The van der Waals surface area contributed by atoms with Gasteiger partial charge in [0.25, 0.3) is 0 Å². The Morgan fingerprint density at radius 3 is 1.43 bits per heavy atom. The van der Waals surface area contributed by atoms with Crippen molar-refractivity contribution < 1.29 is 37.2 Å². The maximum atomic E-state index is 13.1. The Balaban J connectivity index is 4.52. The van der Waals surface area contributed by atoms with E-state index in [-0.39, 0.29) is 32.2 Å². The summed E-state index contributed by atoms with van der Waals surface area (Å²) in [6, 6.07) is 0. The zero-order valence-electron chi connectivity index (χ0n) is 36.6. The molecule has 0 radical (unpaired) electrons. The van der Waals surface area contributed by atoms with Crippen molar-refractivity contribution in [3.8, 4) is 0 Å².